The van der Waals surface area contributed by atoms with E-state index in [2.05, 4.69) is 29.6 Å². The van der Waals surface area contributed by atoms with E-state index in [9.17, 15) is 4.39 Å². The van der Waals surface area contributed by atoms with E-state index >= 15 is 0 Å². The summed E-state index contributed by atoms with van der Waals surface area (Å²) in [6.45, 7) is 1.10. The quantitative estimate of drug-likeness (QED) is 0.846. The van der Waals surface area contributed by atoms with Gasteiger partial charge in [0.25, 0.3) is 0 Å². The first-order valence-corrected chi connectivity index (χ1v) is 6.90. The smallest absolute Gasteiger partial charge is 0.141 e. The maximum absolute atomic E-state index is 13.1. The van der Waals surface area contributed by atoms with Crippen LogP contribution >= 0.6 is 11.6 Å². The van der Waals surface area contributed by atoms with Gasteiger partial charge in [0.2, 0.25) is 0 Å². The Balaban J connectivity index is 1.87. The lowest BCUT2D eigenvalue weighted by atomic mass is 10.00. The number of hydrogen-bond acceptors (Lipinski definition) is 1. The van der Waals surface area contributed by atoms with Crippen LogP contribution in [-0.4, -0.2) is 6.54 Å². The highest BCUT2D eigenvalue weighted by Gasteiger charge is 2.15. The summed E-state index contributed by atoms with van der Waals surface area (Å²) in [4.78, 5) is 0. The zero-order chi connectivity index (χ0) is 13.2. The summed E-state index contributed by atoms with van der Waals surface area (Å²) in [5, 5.41) is 3.64. The van der Waals surface area contributed by atoms with Crippen molar-refractivity contribution in [2.45, 2.75) is 18.9 Å². The molecule has 1 fully saturated rings. The van der Waals surface area contributed by atoms with Crippen molar-refractivity contribution in [3.05, 3.63) is 58.9 Å². The summed E-state index contributed by atoms with van der Waals surface area (Å²) in [7, 11) is 0. The third-order valence-corrected chi connectivity index (χ3v) is 3.92. The molecule has 3 rings (SSSR count). The van der Waals surface area contributed by atoms with E-state index < -0.39 is 0 Å². The fourth-order valence-corrected chi connectivity index (χ4v) is 2.73. The van der Waals surface area contributed by atoms with Gasteiger partial charge in [-0.1, -0.05) is 41.9 Å². The second-order valence-corrected chi connectivity index (χ2v) is 5.31. The minimum absolute atomic E-state index is 0.166. The Kier molecular flexibility index (Phi) is 3.54. The van der Waals surface area contributed by atoms with Gasteiger partial charge in [0.05, 0.1) is 5.02 Å². The minimum Gasteiger partial charge on any atom is -0.310 e. The largest absolute Gasteiger partial charge is 0.310 e. The summed E-state index contributed by atoms with van der Waals surface area (Å²) in [6.07, 6.45) is 2.43. The van der Waals surface area contributed by atoms with E-state index in [1.807, 2.05) is 0 Å². The van der Waals surface area contributed by atoms with Crippen LogP contribution < -0.4 is 5.32 Å². The predicted molar refractivity (Wildman–Crippen MR) is 76.8 cm³/mol. The molecule has 0 aliphatic carbocycles. The third-order valence-electron chi connectivity index (χ3n) is 3.63. The summed E-state index contributed by atoms with van der Waals surface area (Å²) in [6, 6.07) is 13.7. The first-order chi connectivity index (χ1) is 9.24. The lowest BCUT2D eigenvalue weighted by molar-refractivity contribution is 0.628. The monoisotopic (exact) mass is 275 g/mol. The molecule has 1 heterocycles. The molecule has 1 unspecified atom stereocenters. The van der Waals surface area contributed by atoms with Crippen LogP contribution in [0.15, 0.2) is 42.5 Å². The van der Waals surface area contributed by atoms with Crippen LogP contribution in [0.4, 0.5) is 4.39 Å². The van der Waals surface area contributed by atoms with Gasteiger partial charge in [0, 0.05) is 6.04 Å². The van der Waals surface area contributed by atoms with Gasteiger partial charge in [-0.05, 0) is 48.2 Å². The first kappa shape index (κ1) is 12.6. The van der Waals surface area contributed by atoms with Crippen molar-refractivity contribution >= 4 is 11.6 Å². The molecule has 0 amide bonds. The molecule has 2 aromatic rings. The third kappa shape index (κ3) is 2.65. The van der Waals surface area contributed by atoms with Crippen LogP contribution in [0, 0.1) is 5.82 Å². The Hall–Kier alpha value is -1.38. The van der Waals surface area contributed by atoms with Gasteiger partial charge in [-0.2, -0.15) is 0 Å². The van der Waals surface area contributed by atoms with Crippen LogP contribution in [0.1, 0.15) is 24.4 Å². The summed E-state index contributed by atoms with van der Waals surface area (Å²) in [5.41, 5.74) is 3.32. The fraction of sp³-hybridized carbons (Fsp3) is 0.250. The summed E-state index contributed by atoms with van der Waals surface area (Å²) in [5.74, 6) is -0.378. The molecule has 1 atom stereocenters. The molecule has 0 spiro atoms. The van der Waals surface area contributed by atoms with Gasteiger partial charge >= 0.3 is 0 Å². The Labute approximate surface area is 117 Å². The summed E-state index contributed by atoms with van der Waals surface area (Å²) >= 11 is 5.81. The molecule has 1 aliphatic rings. The van der Waals surface area contributed by atoms with Gasteiger partial charge < -0.3 is 5.32 Å². The molecule has 2 aromatic carbocycles. The molecular weight excluding hydrogens is 261 g/mol. The Morgan fingerprint density at radius 2 is 1.79 bits per heavy atom. The normalized spacial score (nSPS) is 18.7. The van der Waals surface area contributed by atoms with E-state index in [-0.39, 0.29) is 10.8 Å². The van der Waals surface area contributed by atoms with Crippen molar-refractivity contribution in [1.29, 1.82) is 0 Å². The molecule has 0 bridgehead atoms. The van der Waals surface area contributed by atoms with Gasteiger partial charge in [-0.25, -0.2) is 4.39 Å². The number of halogens is 2. The molecule has 3 heteroatoms. The molecule has 19 heavy (non-hydrogen) atoms. The number of nitrogens with one attached hydrogen (secondary N) is 1. The fourth-order valence-electron chi connectivity index (χ4n) is 2.55. The number of rotatable bonds is 2. The predicted octanol–water partition coefficient (Wildman–Crippen LogP) is 4.57. The average Bonchev–Trinajstić information content (AvgIpc) is 2.96. The van der Waals surface area contributed by atoms with Crippen molar-refractivity contribution in [1.82, 2.24) is 5.32 Å². The Morgan fingerprint density at radius 3 is 2.42 bits per heavy atom. The van der Waals surface area contributed by atoms with Gasteiger partial charge in [-0.3, -0.25) is 0 Å². The highest BCUT2D eigenvalue weighted by Crippen LogP contribution is 2.28. The van der Waals surface area contributed by atoms with E-state index in [0.717, 1.165) is 17.7 Å². The highest BCUT2D eigenvalue weighted by atomic mass is 35.5. The second kappa shape index (κ2) is 5.32. The molecule has 0 saturated carbocycles. The molecule has 1 N–H and O–H groups in total. The topological polar surface area (TPSA) is 12.0 Å². The van der Waals surface area contributed by atoms with E-state index in [4.69, 9.17) is 11.6 Å². The maximum Gasteiger partial charge on any atom is 0.141 e. The second-order valence-electron chi connectivity index (χ2n) is 4.90. The molecule has 0 aromatic heterocycles. The lowest BCUT2D eigenvalue weighted by Crippen LogP contribution is -2.12. The number of benzene rings is 2. The van der Waals surface area contributed by atoms with E-state index in [1.165, 1.54) is 24.5 Å². The van der Waals surface area contributed by atoms with Crippen LogP contribution in [0.2, 0.25) is 5.02 Å². The molecule has 1 aliphatic heterocycles. The average molecular weight is 276 g/mol. The molecule has 1 nitrogen and oxygen atoms in total. The molecular formula is C16H15ClFN. The zero-order valence-electron chi connectivity index (χ0n) is 10.5. The lowest BCUT2D eigenvalue weighted by Gasteiger charge is -2.11. The Bertz CT molecular complexity index is 574. The summed E-state index contributed by atoms with van der Waals surface area (Å²) < 4.78 is 13.1. The van der Waals surface area contributed by atoms with Gasteiger partial charge in [0.15, 0.2) is 0 Å². The highest BCUT2D eigenvalue weighted by molar-refractivity contribution is 6.31. The minimum atomic E-state index is -0.378. The van der Waals surface area contributed by atoms with E-state index in [0.29, 0.717) is 6.04 Å². The molecule has 0 radical (unpaired) electrons. The van der Waals surface area contributed by atoms with Crippen molar-refractivity contribution in [3.8, 4) is 11.1 Å². The Morgan fingerprint density at radius 1 is 1.05 bits per heavy atom. The van der Waals surface area contributed by atoms with Crippen LogP contribution in [0.5, 0.6) is 0 Å². The maximum atomic E-state index is 13.1. The zero-order valence-corrected chi connectivity index (χ0v) is 11.3. The van der Waals surface area contributed by atoms with Crippen LogP contribution in [0.3, 0.4) is 0 Å². The van der Waals surface area contributed by atoms with E-state index in [1.54, 1.807) is 12.1 Å². The van der Waals surface area contributed by atoms with Gasteiger partial charge in [0.1, 0.15) is 5.82 Å². The van der Waals surface area contributed by atoms with Crippen molar-refractivity contribution in [2.24, 2.45) is 0 Å². The van der Waals surface area contributed by atoms with Crippen LogP contribution in [-0.2, 0) is 0 Å². The first-order valence-electron chi connectivity index (χ1n) is 6.53. The molecule has 1 saturated heterocycles. The van der Waals surface area contributed by atoms with Crippen molar-refractivity contribution in [2.75, 3.05) is 6.54 Å². The standard InChI is InChI=1S/C16H15ClFN/c17-14-10-13(7-8-15(14)18)11-3-5-12(6-4-11)16-2-1-9-19-16/h3-8,10,16,19H,1-2,9H2. The van der Waals surface area contributed by atoms with Crippen molar-refractivity contribution < 1.29 is 4.39 Å². The number of hydrogen-bond donors (Lipinski definition) is 1. The van der Waals surface area contributed by atoms with Crippen LogP contribution in [0.25, 0.3) is 11.1 Å². The SMILES string of the molecule is Fc1ccc(-c2ccc(C3CCCN3)cc2)cc1Cl. The molecule has 98 valence electrons. The van der Waals surface area contributed by atoms with Gasteiger partial charge in [-0.15, -0.1) is 0 Å². The van der Waals surface area contributed by atoms with Crippen molar-refractivity contribution in [3.63, 3.8) is 0 Å².